The van der Waals surface area contributed by atoms with Crippen molar-refractivity contribution >= 4 is 5.91 Å². The first-order valence-electron chi connectivity index (χ1n) is 8.72. The van der Waals surface area contributed by atoms with Crippen LogP contribution < -0.4 is 5.73 Å². The molecule has 24 heavy (non-hydrogen) atoms. The van der Waals surface area contributed by atoms with Gasteiger partial charge in [-0.3, -0.25) is 9.78 Å². The molecule has 2 fully saturated rings. The maximum Gasteiger partial charge on any atom is 0.233 e. The van der Waals surface area contributed by atoms with Gasteiger partial charge in [-0.1, -0.05) is 24.3 Å². The van der Waals surface area contributed by atoms with Gasteiger partial charge in [-0.05, 0) is 48.1 Å². The smallest absolute Gasteiger partial charge is 0.233 e. The molecule has 2 aromatic rings. The number of benzene rings is 1. The van der Waals surface area contributed by atoms with E-state index in [1.54, 1.807) is 0 Å². The van der Waals surface area contributed by atoms with Gasteiger partial charge in [0.05, 0.1) is 5.41 Å². The molecule has 1 unspecified atom stereocenters. The third-order valence-electron chi connectivity index (χ3n) is 5.55. The molecule has 1 aromatic heterocycles. The molecule has 0 radical (unpaired) electrons. The number of hydrogen-bond acceptors (Lipinski definition) is 3. The Balaban J connectivity index is 1.49. The van der Waals surface area contributed by atoms with Gasteiger partial charge in [0.15, 0.2) is 0 Å². The van der Waals surface area contributed by atoms with E-state index in [1.807, 2.05) is 24.5 Å². The summed E-state index contributed by atoms with van der Waals surface area (Å²) < 4.78 is 0. The first kappa shape index (κ1) is 15.3. The Hall–Kier alpha value is -2.20. The number of likely N-dealkylation sites (tertiary alicyclic amines) is 1. The Morgan fingerprint density at radius 2 is 1.88 bits per heavy atom. The largest absolute Gasteiger partial charge is 0.341 e. The molecule has 1 saturated carbocycles. The van der Waals surface area contributed by atoms with Crippen molar-refractivity contribution in [3.63, 3.8) is 0 Å². The predicted octanol–water partition coefficient (Wildman–Crippen LogP) is 2.59. The molecule has 1 aromatic carbocycles. The summed E-state index contributed by atoms with van der Waals surface area (Å²) in [6, 6.07) is 12.4. The SMILES string of the molecule is NCc1ccc(C2(C(=O)N3CCC(c4ccncc4)C3)CC2)cc1. The Kier molecular flexibility index (Phi) is 3.85. The van der Waals surface area contributed by atoms with Crippen LogP contribution in [0.25, 0.3) is 0 Å². The van der Waals surface area contributed by atoms with Crippen LogP contribution >= 0.6 is 0 Å². The van der Waals surface area contributed by atoms with Crippen molar-refractivity contribution in [1.29, 1.82) is 0 Å². The van der Waals surface area contributed by atoms with Crippen molar-refractivity contribution in [1.82, 2.24) is 9.88 Å². The first-order valence-corrected chi connectivity index (χ1v) is 8.72. The zero-order valence-electron chi connectivity index (χ0n) is 13.8. The number of hydrogen-bond donors (Lipinski definition) is 1. The number of rotatable bonds is 4. The second kappa shape index (κ2) is 6.02. The summed E-state index contributed by atoms with van der Waals surface area (Å²) in [7, 11) is 0. The normalized spacial score (nSPS) is 21.7. The minimum absolute atomic E-state index is 0.278. The van der Waals surface area contributed by atoms with Crippen molar-refractivity contribution in [2.45, 2.75) is 37.1 Å². The van der Waals surface area contributed by atoms with Crippen LogP contribution in [0.4, 0.5) is 0 Å². The van der Waals surface area contributed by atoms with Gasteiger partial charge in [0.1, 0.15) is 0 Å². The van der Waals surface area contributed by atoms with Gasteiger partial charge in [0, 0.05) is 37.9 Å². The number of carbonyl (C=O) groups is 1. The third-order valence-corrected chi connectivity index (χ3v) is 5.55. The molecule has 0 spiro atoms. The van der Waals surface area contributed by atoms with Gasteiger partial charge in [-0.25, -0.2) is 0 Å². The zero-order chi connectivity index (χ0) is 16.6. The highest BCUT2D eigenvalue weighted by Crippen LogP contribution is 2.50. The second-order valence-electron chi connectivity index (χ2n) is 7.00. The van der Waals surface area contributed by atoms with Crippen LogP contribution in [-0.4, -0.2) is 28.9 Å². The predicted molar refractivity (Wildman–Crippen MR) is 93.4 cm³/mol. The summed E-state index contributed by atoms with van der Waals surface area (Å²) in [6.07, 6.45) is 6.63. The van der Waals surface area contributed by atoms with Gasteiger partial charge in [-0.2, -0.15) is 0 Å². The molecular weight excluding hydrogens is 298 g/mol. The van der Waals surface area contributed by atoms with E-state index in [4.69, 9.17) is 5.73 Å². The number of amides is 1. The highest BCUT2D eigenvalue weighted by molar-refractivity contribution is 5.91. The fourth-order valence-corrected chi connectivity index (χ4v) is 3.87. The van der Waals surface area contributed by atoms with E-state index in [0.717, 1.165) is 43.5 Å². The van der Waals surface area contributed by atoms with Crippen molar-refractivity contribution in [2.24, 2.45) is 5.73 Å². The molecule has 1 aliphatic carbocycles. The maximum atomic E-state index is 13.2. The number of nitrogens with zero attached hydrogens (tertiary/aromatic N) is 2. The van der Waals surface area contributed by atoms with E-state index in [2.05, 4.69) is 34.1 Å². The lowest BCUT2D eigenvalue weighted by molar-refractivity contribution is -0.132. The fraction of sp³-hybridized carbons (Fsp3) is 0.400. The van der Waals surface area contributed by atoms with Crippen LogP contribution in [0.3, 0.4) is 0 Å². The van der Waals surface area contributed by atoms with Crippen molar-refractivity contribution in [3.8, 4) is 0 Å². The van der Waals surface area contributed by atoms with Crippen molar-refractivity contribution in [3.05, 3.63) is 65.5 Å². The molecule has 1 aliphatic heterocycles. The van der Waals surface area contributed by atoms with E-state index in [-0.39, 0.29) is 5.41 Å². The molecule has 4 heteroatoms. The molecule has 1 saturated heterocycles. The van der Waals surface area contributed by atoms with Gasteiger partial charge < -0.3 is 10.6 Å². The van der Waals surface area contributed by atoms with Crippen LogP contribution in [-0.2, 0) is 16.8 Å². The summed E-state index contributed by atoms with van der Waals surface area (Å²) in [5.41, 5.74) is 8.95. The van der Waals surface area contributed by atoms with E-state index >= 15 is 0 Å². The number of nitrogens with two attached hydrogens (primary N) is 1. The highest BCUT2D eigenvalue weighted by atomic mass is 16.2. The molecule has 1 amide bonds. The standard InChI is InChI=1S/C20H23N3O/c21-13-15-1-3-18(4-2-15)20(8-9-20)19(24)23-12-7-17(14-23)16-5-10-22-11-6-16/h1-6,10-11,17H,7-9,12-14,21H2. The molecule has 4 nitrogen and oxygen atoms in total. The van der Waals surface area contributed by atoms with Gasteiger partial charge in [0.25, 0.3) is 0 Å². The lowest BCUT2D eigenvalue weighted by atomic mass is 9.93. The quantitative estimate of drug-likeness (QED) is 0.941. The van der Waals surface area contributed by atoms with Crippen LogP contribution in [0.5, 0.6) is 0 Å². The van der Waals surface area contributed by atoms with Gasteiger partial charge in [0.2, 0.25) is 5.91 Å². The second-order valence-corrected chi connectivity index (χ2v) is 7.00. The summed E-state index contributed by atoms with van der Waals surface area (Å²) >= 11 is 0. The Morgan fingerprint density at radius 1 is 1.17 bits per heavy atom. The van der Waals surface area contributed by atoms with E-state index < -0.39 is 0 Å². The Morgan fingerprint density at radius 3 is 2.50 bits per heavy atom. The van der Waals surface area contributed by atoms with Gasteiger partial charge in [-0.15, -0.1) is 0 Å². The van der Waals surface area contributed by atoms with E-state index in [0.29, 0.717) is 18.4 Å². The zero-order valence-corrected chi connectivity index (χ0v) is 13.8. The maximum absolute atomic E-state index is 13.2. The topological polar surface area (TPSA) is 59.2 Å². The van der Waals surface area contributed by atoms with Gasteiger partial charge >= 0.3 is 0 Å². The molecule has 124 valence electrons. The molecule has 4 rings (SSSR count). The molecule has 2 aliphatic rings. The minimum atomic E-state index is -0.278. The third kappa shape index (κ3) is 2.61. The monoisotopic (exact) mass is 321 g/mol. The van der Waals surface area contributed by atoms with Crippen LogP contribution in [0.1, 0.15) is 41.9 Å². The number of pyridine rings is 1. The first-order chi connectivity index (χ1) is 11.7. The molecule has 0 bridgehead atoms. The van der Waals surface area contributed by atoms with E-state index in [1.165, 1.54) is 5.56 Å². The van der Waals surface area contributed by atoms with E-state index in [9.17, 15) is 4.79 Å². The minimum Gasteiger partial charge on any atom is -0.341 e. The molecule has 1 atom stereocenters. The van der Waals surface area contributed by atoms with Crippen LogP contribution in [0.2, 0.25) is 0 Å². The highest BCUT2D eigenvalue weighted by Gasteiger charge is 2.53. The molecule has 2 N–H and O–H groups in total. The Bertz CT molecular complexity index is 722. The molecular formula is C20H23N3O. The average molecular weight is 321 g/mol. The summed E-state index contributed by atoms with van der Waals surface area (Å²) in [6.45, 7) is 2.22. The number of aromatic nitrogens is 1. The molecule has 2 heterocycles. The van der Waals surface area contributed by atoms with Crippen LogP contribution in [0.15, 0.2) is 48.8 Å². The van der Waals surface area contributed by atoms with Crippen LogP contribution in [0, 0.1) is 0 Å². The fourth-order valence-electron chi connectivity index (χ4n) is 3.87. The summed E-state index contributed by atoms with van der Waals surface area (Å²) in [5.74, 6) is 0.743. The average Bonchev–Trinajstić information content (AvgIpc) is 3.31. The van der Waals surface area contributed by atoms with Crippen molar-refractivity contribution < 1.29 is 4.79 Å². The number of carbonyl (C=O) groups excluding carboxylic acids is 1. The lowest BCUT2D eigenvalue weighted by Crippen LogP contribution is -2.37. The summed E-state index contributed by atoms with van der Waals surface area (Å²) in [5, 5.41) is 0. The Labute approximate surface area is 142 Å². The lowest BCUT2D eigenvalue weighted by Gasteiger charge is -2.24. The summed E-state index contributed by atoms with van der Waals surface area (Å²) in [4.78, 5) is 19.3. The van der Waals surface area contributed by atoms with Crippen molar-refractivity contribution in [2.75, 3.05) is 13.1 Å².